The van der Waals surface area contributed by atoms with E-state index in [0.717, 1.165) is 18.5 Å². The number of nitrogens with one attached hydrogen (secondary N) is 1. The molecule has 0 radical (unpaired) electrons. The molecule has 0 atom stereocenters. The molecule has 1 saturated carbocycles. The summed E-state index contributed by atoms with van der Waals surface area (Å²) in [5.74, 6) is -1.36. The number of carbonyl (C=O) groups excluding carboxylic acids is 1. The Labute approximate surface area is 223 Å². The second kappa shape index (κ2) is 11.4. The summed E-state index contributed by atoms with van der Waals surface area (Å²) in [6, 6.07) is 11.2. The Morgan fingerprint density at radius 3 is 2.59 bits per heavy atom. The number of nitrogens with zero attached hydrogens (tertiary/aromatic N) is 3. The SMILES string of the molecule is O=C(CCNCc1c(F)cccc1F)N1CCc2nc(SC3CCC3)n(-c3ccccc3S)c(=O)c2C1. The van der Waals surface area contributed by atoms with Crippen molar-refractivity contribution in [1.82, 2.24) is 19.8 Å². The number of fused-ring (bicyclic) bond motifs is 1. The maximum Gasteiger partial charge on any atom is 0.264 e. The van der Waals surface area contributed by atoms with Crippen LogP contribution >= 0.6 is 24.4 Å². The molecule has 1 aliphatic carbocycles. The highest BCUT2D eigenvalue weighted by molar-refractivity contribution is 7.99. The Hall–Kier alpha value is -2.69. The molecule has 6 nitrogen and oxygen atoms in total. The zero-order valence-corrected chi connectivity index (χ0v) is 22.0. The molecule has 5 rings (SSSR count). The largest absolute Gasteiger partial charge is 0.338 e. The van der Waals surface area contributed by atoms with E-state index in [1.807, 2.05) is 24.3 Å². The van der Waals surface area contributed by atoms with E-state index in [2.05, 4.69) is 17.9 Å². The van der Waals surface area contributed by atoms with Gasteiger partial charge in [0.1, 0.15) is 11.6 Å². The lowest BCUT2D eigenvalue weighted by Crippen LogP contribution is -2.42. The number of hydrogen-bond donors (Lipinski definition) is 2. The van der Waals surface area contributed by atoms with Crippen LogP contribution in [0.4, 0.5) is 8.78 Å². The van der Waals surface area contributed by atoms with Crippen LogP contribution in [0, 0.1) is 11.6 Å². The Morgan fingerprint density at radius 1 is 1.14 bits per heavy atom. The second-order valence-corrected chi connectivity index (χ2v) is 11.1. The first kappa shape index (κ1) is 25.9. The summed E-state index contributed by atoms with van der Waals surface area (Å²) in [6.45, 7) is 0.919. The van der Waals surface area contributed by atoms with Gasteiger partial charge >= 0.3 is 0 Å². The molecule has 2 heterocycles. The number of thiol groups is 1. The minimum absolute atomic E-state index is 0.00613. The first-order valence-electron chi connectivity index (χ1n) is 12.4. The highest BCUT2D eigenvalue weighted by Gasteiger charge is 2.29. The van der Waals surface area contributed by atoms with Gasteiger partial charge < -0.3 is 10.2 Å². The average Bonchev–Trinajstić information content (AvgIpc) is 2.86. The van der Waals surface area contributed by atoms with E-state index in [1.165, 1.54) is 24.6 Å². The van der Waals surface area contributed by atoms with Crippen LogP contribution in [0.3, 0.4) is 0 Å². The van der Waals surface area contributed by atoms with Crippen molar-refractivity contribution >= 4 is 30.3 Å². The maximum atomic E-state index is 13.8. The number of rotatable bonds is 8. The number of thioether (sulfide) groups is 1. The van der Waals surface area contributed by atoms with Crippen molar-refractivity contribution < 1.29 is 13.6 Å². The smallest absolute Gasteiger partial charge is 0.264 e. The summed E-state index contributed by atoms with van der Waals surface area (Å²) in [7, 11) is 0. The number of halogens is 2. The topological polar surface area (TPSA) is 67.2 Å². The van der Waals surface area contributed by atoms with Gasteiger partial charge in [0.25, 0.3) is 5.56 Å². The fraction of sp³-hybridized carbons (Fsp3) is 0.370. The van der Waals surface area contributed by atoms with E-state index in [4.69, 9.17) is 4.98 Å². The highest BCUT2D eigenvalue weighted by Crippen LogP contribution is 2.37. The van der Waals surface area contributed by atoms with E-state index in [0.29, 0.717) is 39.5 Å². The number of carbonyl (C=O) groups is 1. The molecule has 1 fully saturated rings. The third kappa shape index (κ3) is 5.61. The van der Waals surface area contributed by atoms with E-state index in [9.17, 15) is 18.4 Å². The molecule has 1 amide bonds. The predicted octanol–water partition coefficient (Wildman–Crippen LogP) is 4.51. The quantitative estimate of drug-likeness (QED) is 0.249. The van der Waals surface area contributed by atoms with Crippen LogP contribution in [0.5, 0.6) is 0 Å². The molecule has 3 aromatic rings. The Morgan fingerprint density at radius 2 is 1.89 bits per heavy atom. The van der Waals surface area contributed by atoms with Crippen molar-refractivity contribution in [3.05, 3.63) is 81.3 Å². The zero-order chi connectivity index (χ0) is 25.9. The first-order valence-corrected chi connectivity index (χ1v) is 13.8. The van der Waals surface area contributed by atoms with Gasteiger partial charge in [0.2, 0.25) is 5.91 Å². The molecule has 37 heavy (non-hydrogen) atoms. The van der Waals surface area contributed by atoms with E-state index in [-0.39, 0.29) is 43.1 Å². The van der Waals surface area contributed by atoms with Gasteiger partial charge in [0.15, 0.2) is 5.16 Å². The second-order valence-electron chi connectivity index (χ2n) is 9.31. The van der Waals surface area contributed by atoms with Gasteiger partial charge in [0.05, 0.1) is 23.5 Å². The first-order chi connectivity index (χ1) is 17.9. The summed E-state index contributed by atoms with van der Waals surface area (Å²) in [5, 5.41) is 4.07. The fourth-order valence-corrected chi connectivity index (χ4v) is 6.10. The number of amides is 1. The number of benzene rings is 2. The summed E-state index contributed by atoms with van der Waals surface area (Å²) < 4.78 is 29.3. The predicted molar refractivity (Wildman–Crippen MR) is 142 cm³/mol. The summed E-state index contributed by atoms with van der Waals surface area (Å²) in [6.07, 6.45) is 4.07. The zero-order valence-electron chi connectivity index (χ0n) is 20.3. The van der Waals surface area contributed by atoms with E-state index < -0.39 is 11.6 Å². The summed E-state index contributed by atoms with van der Waals surface area (Å²) >= 11 is 6.22. The molecule has 0 spiro atoms. The minimum atomic E-state index is -0.618. The number of para-hydroxylation sites is 1. The van der Waals surface area contributed by atoms with Gasteiger partial charge in [-0.05, 0) is 37.1 Å². The van der Waals surface area contributed by atoms with E-state index in [1.54, 1.807) is 21.2 Å². The fourth-order valence-electron chi connectivity index (χ4n) is 4.52. The molecule has 0 bridgehead atoms. The molecule has 1 aliphatic heterocycles. The third-order valence-electron chi connectivity index (χ3n) is 6.88. The van der Waals surface area contributed by atoms with Crippen molar-refractivity contribution in [2.75, 3.05) is 13.1 Å². The molecule has 0 saturated heterocycles. The summed E-state index contributed by atoms with van der Waals surface area (Å²) in [4.78, 5) is 33.9. The van der Waals surface area contributed by atoms with Crippen molar-refractivity contribution in [2.45, 2.75) is 60.5 Å². The van der Waals surface area contributed by atoms with Gasteiger partial charge in [-0.1, -0.05) is 36.4 Å². The summed E-state index contributed by atoms with van der Waals surface area (Å²) in [5.41, 5.74) is 1.74. The van der Waals surface area contributed by atoms with Crippen molar-refractivity contribution in [3.63, 3.8) is 0 Å². The van der Waals surface area contributed by atoms with Crippen LogP contribution in [-0.2, 0) is 24.3 Å². The van der Waals surface area contributed by atoms with Crippen molar-refractivity contribution in [2.24, 2.45) is 0 Å². The molecule has 194 valence electrons. The normalized spacial score (nSPS) is 15.4. The molecular weight excluding hydrogens is 514 g/mol. The lowest BCUT2D eigenvalue weighted by atomic mass is 10.0. The van der Waals surface area contributed by atoms with Gasteiger partial charge in [-0.2, -0.15) is 0 Å². The van der Waals surface area contributed by atoms with Crippen LogP contribution in [0.25, 0.3) is 5.69 Å². The van der Waals surface area contributed by atoms with Crippen LogP contribution in [0.1, 0.15) is 42.5 Å². The van der Waals surface area contributed by atoms with E-state index >= 15 is 0 Å². The monoisotopic (exact) mass is 542 g/mol. The molecule has 1 N–H and O–H groups in total. The highest BCUT2D eigenvalue weighted by atomic mass is 32.2. The molecule has 2 aliphatic rings. The van der Waals surface area contributed by atoms with Gasteiger partial charge in [-0.3, -0.25) is 14.2 Å². The maximum absolute atomic E-state index is 13.8. The Bertz CT molecular complexity index is 1360. The molecule has 2 aromatic carbocycles. The van der Waals surface area contributed by atoms with Crippen LogP contribution < -0.4 is 10.9 Å². The standard InChI is InChI=1S/C27H28F2N4O2S2/c28-20-7-4-8-21(29)18(20)15-30-13-11-25(34)32-14-12-22-19(16-32)26(35)33(23-9-1-2-10-24(23)36)27(31-22)37-17-5-3-6-17/h1-2,4,7-10,17,30,36H,3,5-6,11-16H2. The molecular formula is C27H28F2N4O2S2. The van der Waals surface area contributed by atoms with Gasteiger partial charge in [-0.25, -0.2) is 13.8 Å². The number of hydrogen-bond acceptors (Lipinski definition) is 6. The Balaban J connectivity index is 1.31. The lowest BCUT2D eigenvalue weighted by Gasteiger charge is -2.30. The average molecular weight is 543 g/mol. The van der Waals surface area contributed by atoms with Gasteiger partial charge in [-0.15, -0.1) is 12.6 Å². The van der Waals surface area contributed by atoms with Crippen molar-refractivity contribution in [1.29, 1.82) is 0 Å². The van der Waals surface area contributed by atoms with Crippen LogP contribution in [-0.4, -0.2) is 38.7 Å². The van der Waals surface area contributed by atoms with Crippen LogP contribution in [0.15, 0.2) is 57.3 Å². The Kier molecular flexibility index (Phi) is 7.97. The third-order valence-corrected chi connectivity index (χ3v) is 8.55. The molecule has 0 unspecified atom stereocenters. The molecule has 1 aromatic heterocycles. The minimum Gasteiger partial charge on any atom is -0.338 e. The number of aromatic nitrogens is 2. The molecule has 10 heteroatoms. The van der Waals surface area contributed by atoms with Crippen molar-refractivity contribution in [3.8, 4) is 5.69 Å². The van der Waals surface area contributed by atoms with Crippen LogP contribution in [0.2, 0.25) is 0 Å². The lowest BCUT2D eigenvalue weighted by molar-refractivity contribution is -0.132. The van der Waals surface area contributed by atoms with Gasteiger partial charge in [0, 0.05) is 48.2 Å².